The monoisotopic (exact) mass is 368 g/mol. The lowest BCUT2D eigenvalue weighted by molar-refractivity contribution is 0.258. The molecule has 1 aliphatic rings. The van der Waals surface area contributed by atoms with Crippen molar-refractivity contribution in [3.63, 3.8) is 0 Å². The van der Waals surface area contributed by atoms with Crippen LogP contribution in [0.5, 0.6) is 11.5 Å². The van der Waals surface area contributed by atoms with Crippen molar-refractivity contribution in [3.8, 4) is 11.5 Å². The largest absolute Gasteiger partial charge is 0.493 e. The van der Waals surface area contributed by atoms with Crippen molar-refractivity contribution in [3.05, 3.63) is 59.2 Å². The summed E-state index contributed by atoms with van der Waals surface area (Å²) in [6, 6.07) is 15.1. The zero-order chi connectivity index (χ0) is 19.1. The number of methoxy groups -OCH3 is 1. The number of rotatable bonds is 9. The van der Waals surface area contributed by atoms with E-state index in [0.717, 1.165) is 36.7 Å². The fourth-order valence-electron chi connectivity index (χ4n) is 3.86. The maximum atomic E-state index is 6.22. The predicted molar refractivity (Wildman–Crippen MR) is 110 cm³/mol. The van der Waals surface area contributed by atoms with E-state index in [4.69, 9.17) is 9.47 Å². The average molecular weight is 369 g/mol. The molecule has 0 unspecified atom stereocenters. The summed E-state index contributed by atoms with van der Waals surface area (Å²) in [7, 11) is 1.70. The first-order valence-electron chi connectivity index (χ1n) is 10.0. The zero-order valence-electron chi connectivity index (χ0n) is 16.8. The lowest BCUT2D eigenvalue weighted by Gasteiger charge is -2.23. The number of ether oxygens (including phenoxy) is 2. The lowest BCUT2D eigenvalue weighted by atomic mass is 10.1. The molecule has 2 aromatic carbocycles. The molecule has 27 heavy (non-hydrogen) atoms. The second-order valence-electron chi connectivity index (χ2n) is 7.22. The van der Waals surface area contributed by atoms with Crippen molar-refractivity contribution >= 4 is 0 Å². The second-order valence-corrected chi connectivity index (χ2v) is 7.22. The van der Waals surface area contributed by atoms with Gasteiger partial charge in [0.1, 0.15) is 6.61 Å². The van der Waals surface area contributed by atoms with Crippen LogP contribution < -0.4 is 14.8 Å². The van der Waals surface area contributed by atoms with Crippen LogP contribution in [-0.4, -0.2) is 37.7 Å². The Morgan fingerprint density at radius 1 is 1.11 bits per heavy atom. The summed E-state index contributed by atoms with van der Waals surface area (Å²) in [6.07, 6.45) is 2.60. The van der Waals surface area contributed by atoms with Crippen LogP contribution in [0.1, 0.15) is 36.5 Å². The Morgan fingerprint density at radius 3 is 2.70 bits per heavy atom. The molecule has 4 heteroatoms. The molecular weight excluding hydrogens is 336 g/mol. The zero-order valence-corrected chi connectivity index (χ0v) is 16.8. The SMILES string of the molecule is CCN1CCC[C@H]1CNCc1cccc(OC)c1OCc1ccccc1C. The molecule has 1 saturated heterocycles. The number of benzene rings is 2. The number of nitrogens with one attached hydrogen (secondary N) is 1. The van der Waals surface area contributed by atoms with Gasteiger partial charge in [0.2, 0.25) is 0 Å². The molecule has 2 aromatic rings. The first-order valence-corrected chi connectivity index (χ1v) is 10.0. The van der Waals surface area contributed by atoms with Gasteiger partial charge >= 0.3 is 0 Å². The van der Waals surface area contributed by atoms with Gasteiger partial charge in [-0.25, -0.2) is 0 Å². The van der Waals surface area contributed by atoms with Gasteiger partial charge in [0.15, 0.2) is 11.5 Å². The molecule has 0 aromatic heterocycles. The van der Waals surface area contributed by atoms with Gasteiger partial charge in [-0.15, -0.1) is 0 Å². The van der Waals surface area contributed by atoms with E-state index in [1.165, 1.54) is 30.5 Å². The fourth-order valence-corrected chi connectivity index (χ4v) is 3.86. The Bertz CT molecular complexity index is 732. The molecule has 3 rings (SSSR count). The molecule has 0 amide bonds. The van der Waals surface area contributed by atoms with Crippen molar-refractivity contribution in [2.75, 3.05) is 26.7 Å². The van der Waals surface area contributed by atoms with Crippen LogP contribution >= 0.6 is 0 Å². The highest BCUT2D eigenvalue weighted by Gasteiger charge is 2.22. The fraction of sp³-hybridized carbons (Fsp3) is 0.478. The van der Waals surface area contributed by atoms with Crippen molar-refractivity contribution in [2.45, 2.75) is 45.9 Å². The maximum Gasteiger partial charge on any atom is 0.166 e. The van der Waals surface area contributed by atoms with Crippen molar-refractivity contribution in [1.29, 1.82) is 0 Å². The number of aryl methyl sites for hydroxylation is 1. The van der Waals surface area contributed by atoms with E-state index in [0.29, 0.717) is 12.6 Å². The Morgan fingerprint density at radius 2 is 1.93 bits per heavy atom. The van der Waals surface area contributed by atoms with E-state index in [9.17, 15) is 0 Å². The van der Waals surface area contributed by atoms with Crippen molar-refractivity contribution in [1.82, 2.24) is 10.2 Å². The van der Waals surface area contributed by atoms with Gasteiger partial charge in [-0.1, -0.05) is 43.3 Å². The Hall–Kier alpha value is -2.04. The average Bonchev–Trinajstić information content (AvgIpc) is 3.15. The van der Waals surface area contributed by atoms with Gasteiger partial charge in [0.05, 0.1) is 7.11 Å². The topological polar surface area (TPSA) is 33.7 Å². The quantitative estimate of drug-likeness (QED) is 0.721. The molecule has 4 nitrogen and oxygen atoms in total. The summed E-state index contributed by atoms with van der Waals surface area (Å²) >= 11 is 0. The Balaban J connectivity index is 1.65. The summed E-state index contributed by atoms with van der Waals surface area (Å²) in [6.45, 7) is 9.08. The first kappa shape index (κ1) is 19.7. The minimum atomic E-state index is 0.548. The van der Waals surface area contributed by atoms with E-state index in [2.05, 4.69) is 54.4 Å². The molecule has 0 saturated carbocycles. The molecule has 1 atom stereocenters. The van der Waals surface area contributed by atoms with Crippen LogP contribution in [0.25, 0.3) is 0 Å². The van der Waals surface area contributed by atoms with Crippen LogP contribution in [0, 0.1) is 6.92 Å². The molecular formula is C23H32N2O2. The van der Waals surface area contributed by atoms with Gasteiger partial charge in [-0.2, -0.15) is 0 Å². The third-order valence-corrected chi connectivity index (χ3v) is 5.51. The molecule has 0 radical (unpaired) electrons. The number of likely N-dealkylation sites (N-methyl/N-ethyl adjacent to an activating group) is 1. The van der Waals surface area contributed by atoms with E-state index in [-0.39, 0.29) is 0 Å². The van der Waals surface area contributed by atoms with Gasteiger partial charge in [0, 0.05) is 24.7 Å². The third-order valence-electron chi connectivity index (χ3n) is 5.51. The number of nitrogens with zero attached hydrogens (tertiary/aromatic N) is 1. The molecule has 146 valence electrons. The minimum absolute atomic E-state index is 0.548. The summed E-state index contributed by atoms with van der Waals surface area (Å²) in [5.41, 5.74) is 3.59. The van der Waals surface area contributed by atoms with Crippen LogP contribution in [0.15, 0.2) is 42.5 Å². The van der Waals surface area contributed by atoms with Crippen LogP contribution in [0.3, 0.4) is 0 Å². The Labute approximate surface area is 163 Å². The highest BCUT2D eigenvalue weighted by atomic mass is 16.5. The van der Waals surface area contributed by atoms with E-state index >= 15 is 0 Å². The smallest absolute Gasteiger partial charge is 0.166 e. The highest BCUT2D eigenvalue weighted by molar-refractivity contribution is 5.46. The highest BCUT2D eigenvalue weighted by Crippen LogP contribution is 2.32. The van der Waals surface area contributed by atoms with Gasteiger partial charge in [-0.3, -0.25) is 4.90 Å². The molecule has 1 aliphatic heterocycles. The molecule has 0 aliphatic carbocycles. The van der Waals surface area contributed by atoms with Crippen molar-refractivity contribution in [2.24, 2.45) is 0 Å². The normalized spacial score (nSPS) is 17.2. The molecule has 1 heterocycles. The maximum absolute atomic E-state index is 6.22. The van der Waals surface area contributed by atoms with Crippen LogP contribution in [-0.2, 0) is 13.2 Å². The summed E-state index contributed by atoms with van der Waals surface area (Å²) < 4.78 is 11.8. The standard InChI is InChI=1S/C23H32N2O2/c1-4-25-14-8-12-21(25)16-24-15-19-11-7-13-22(26-3)23(19)27-17-20-10-6-5-9-18(20)2/h5-7,9-11,13,21,24H,4,8,12,14-17H2,1-3H3/t21-/m0/s1. The number of hydrogen-bond donors (Lipinski definition) is 1. The summed E-state index contributed by atoms with van der Waals surface area (Å²) in [5, 5.41) is 3.63. The summed E-state index contributed by atoms with van der Waals surface area (Å²) in [5.74, 6) is 1.63. The number of hydrogen-bond acceptors (Lipinski definition) is 4. The van der Waals surface area contributed by atoms with E-state index < -0.39 is 0 Å². The predicted octanol–water partition coefficient (Wildman–Crippen LogP) is 4.16. The minimum Gasteiger partial charge on any atom is -0.493 e. The Kier molecular flexibility index (Phi) is 7.13. The first-order chi connectivity index (χ1) is 13.2. The lowest BCUT2D eigenvalue weighted by Crippen LogP contribution is -2.37. The number of likely N-dealkylation sites (tertiary alicyclic amines) is 1. The van der Waals surface area contributed by atoms with Gasteiger partial charge in [-0.05, 0) is 50.0 Å². The van der Waals surface area contributed by atoms with Gasteiger partial charge in [0.25, 0.3) is 0 Å². The molecule has 1 N–H and O–H groups in total. The van der Waals surface area contributed by atoms with E-state index in [1.54, 1.807) is 7.11 Å². The van der Waals surface area contributed by atoms with Gasteiger partial charge < -0.3 is 14.8 Å². The van der Waals surface area contributed by atoms with Crippen LogP contribution in [0.2, 0.25) is 0 Å². The number of para-hydroxylation sites is 1. The summed E-state index contributed by atoms with van der Waals surface area (Å²) in [4.78, 5) is 2.56. The second kappa shape index (κ2) is 9.77. The third kappa shape index (κ3) is 5.02. The van der Waals surface area contributed by atoms with E-state index in [1.807, 2.05) is 12.1 Å². The van der Waals surface area contributed by atoms with Crippen molar-refractivity contribution < 1.29 is 9.47 Å². The molecule has 0 bridgehead atoms. The molecule has 1 fully saturated rings. The molecule has 0 spiro atoms. The van der Waals surface area contributed by atoms with Crippen LogP contribution in [0.4, 0.5) is 0 Å².